The van der Waals surface area contributed by atoms with Crippen LogP contribution in [0.5, 0.6) is 10.9 Å². The quantitative estimate of drug-likeness (QED) is 0.621. The Labute approximate surface area is 185 Å². The fourth-order valence-electron chi connectivity index (χ4n) is 5.09. The second-order valence-electron chi connectivity index (χ2n) is 9.13. The molecule has 2 aliphatic heterocycles. The van der Waals surface area contributed by atoms with Gasteiger partial charge >= 0.3 is 0 Å². The van der Waals surface area contributed by atoms with E-state index in [1.54, 1.807) is 16.2 Å². The van der Waals surface area contributed by atoms with Crippen LogP contribution in [0.25, 0.3) is 10.2 Å². The van der Waals surface area contributed by atoms with Gasteiger partial charge in [0.1, 0.15) is 17.4 Å². The summed E-state index contributed by atoms with van der Waals surface area (Å²) in [5, 5.41) is 10.8. The summed E-state index contributed by atoms with van der Waals surface area (Å²) in [6.45, 7) is 2.84. The Hall–Kier alpha value is -2.48. The van der Waals surface area contributed by atoms with Crippen molar-refractivity contribution in [2.75, 3.05) is 19.6 Å². The summed E-state index contributed by atoms with van der Waals surface area (Å²) < 4.78 is 7.16. The van der Waals surface area contributed by atoms with Gasteiger partial charge in [0, 0.05) is 12.8 Å². The number of rotatable bonds is 6. The van der Waals surface area contributed by atoms with Gasteiger partial charge in [-0.25, -0.2) is 4.98 Å². The molecule has 0 spiro atoms. The molecule has 0 radical (unpaired) electrons. The van der Waals surface area contributed by atoms with Crippen LogP contribution in [0.4, 0.5) is 0 Å². The van der Waals surface area contributed by atoms with Crippen LogP contribution in [0.2, 0.25) is 0 Å². The highest BCUT2D eigenvalue weighted by Crippen LogP contribution is 2.39. The van der Waals surface area contributed by atoms with E-state index in [0.717, 1.165) is 48.4 Å². The number of fused-ring (bicyclic) bond motifs is 3. The van der Waals surface area contributed by atoms with Gasteiger partial charge in [-0.3, -0.25) is 4.79 Å². The molecule has 3 atom stereocenters. The number of nitrogens with one attached hydrogen (secondary N) is 1. The van der Waals surface area contributed by atoms with E-state index in [-0.39, 0.29) is 5.91 Å². The molecule has 7 heteroatoms. The van der Waals surface area contributed by atoms with Crippen LogP contribution >= 0.6 is 11.3 Å². The molecule has 1 aromatic heterocycles. The smallest absolute Gasteiger partial charge is 0.279 e. The van der Waals surface area contributed by atoms with Gasteiger partial charge < -0.3 is 19.6 Å². The maximum absolute atomic E-state index is 12.5. The number of carbonyl (C=O) groups is 1. The molecular weight excluding hydrogens is 410 g/mol. The second kappa shape index (κ2) is 7.29. The molecule has 2 bridgehead atoms. The van der Waals surface area contributed by atoms with Gasteiger partial charge in [0.2, 0.25) is 0 Å². The minimum absolute atomic E-state index is 0.0289. The lowest BCUT2D eigenvalue weighted by Gasteiger charge is -2.33. The number of aliphatic hydroxyl groups is 1. The van der Waals surface area contributed by atoms with Gasteiger partial charge in [-0.2, -0.15) is 0 Å². The first kappa shape index (κ1) is 19.2. The first-order chi connectivity index (χ1) is 15.1. The van der Waals surface area contributed by atoms with Crippen LogP contribution in [0, 0.1) is 0 Å². The van der Waals surface area contributed by atoms with Crippen molar-refractivity contribution in [1.29, 1.82) is 0 Å². The van der Waals surface area contributed by atoms with Crippen LogP contribution in [-0.4, -0.2) is 58.2 Å². The minimum Gasteiger partial charge on any atom is -0.431 e. The average molecular weight is 437 g/mol. The molecular formula is C24H26N3O3S+. The van der Waals surface area contributed by atoms with Gasteiger partial charge in [0.25, 0.3) is 11.1 Å². The number of hydrogen-bond donors (Lipinski definition) is 2. The van der Waals surface area contributed by atoms with Gasteiger partial charge in [-0.15, -0.1) is 0 Å². The van der Waals surface area contributed by atoms with Gasteiger partial charge in [0.05, 0.1) is 35.9 Å². The summed E-state index contributed by atoms with van der Waals surface area (Å²) in [5.41, 5.74) is 1.19. The number of quaternary nitrogens is 1. The highest BCUT2D eigenvalue weighted by atomic mass is 32.1. The fourth-order valence-corrected chi connectivity index (χ4v) is 5.93. The zero-order chi connectivity index (χ0) is 21.0. The number of ether oxygens (including phenoxy) is 1. The number of piperazine rings is 1. The van der Waals surface area contributed by atoms with Crippen molar-refractivity contribution in [2.24, 2.45) is 0 Å². The zero-order valence-electron chi connectivity index (χ0n) is 17.3. The number of hydrogen-bond acceptors (Lipinski definition) is 5. The van der Waals surface area contributed by atoms with Crippen molar-refractivity contribution < 1.29 is 19.5 Å². The van der Waals surface area contributed by atoms with Crippen molar-refractivity contribution in [3.8, 4) is 10.9 Å². The van der Waals surface area contributed by atoms with Gasteiger partial charge in [0.15, 0.2) is 0 Å². The molecule has 6 nitrogen and oxygen atoms in total. The lowest BCUT2D eigenvalue weighted by atomic mass is 10.1. The van der Waals surface area contributed by atoms with Crippen LogP contribution in [-0.2, 0) is 11.2 Å². The molecule has 2 aromatic carbocycles. The third-order valence-electron chi connectivity index (χ3n) is 6.98. The number of amides is 1. The van der Waals surface area contributed by atoms with E-state index in [2.05, 4.69) is 23.2 Å². The topological polar surface area (TPSA) is 67.1 Å². The maximum Gasteiger partial charge on any atom is 0.279 e. The van der Waals surface area contributed by atoms with Crippen LogP contribution in [0.1, 0.15) is 24.8 Å². The third-order valence-corrected chi connectivity index (χ3v) is 7.90. The van der Waals surface area contributed by atoms with E-state index < -0.39 is 5.60 Å². The molecule has 3 unspecified atom stereocenters. The summed E-state index contributed by atoms with van der Waals surface area (Å²) in [6, 6.07) is 17.1. The third kappa shape index (κ3) is 3.60. The number of carbonyl (C=O) groups excluding carboxylic acids is 1. The Kier molecular flexibility index (Phi) is 4.52. The van der Waals surface area contributed by atoms with Crippen LogP contribution < -0.4 is 9.64 Å². The zero-order valence-corrected chi connectivity index (χ0v) is 18.1. The molecule has 3 heterocycles. The SMILES string of the molecule is O=C(N1CC2CC1C[NH+]2CCc1cccc(Oc2nc3ccccc3s2)c1)C1(O)CC1. The Morgan fingerprint density at radius 3 is 2.90 bits per heavy atom. The summed E-state index contributed by atoms with van der Waals surface area (Å²) in [4.78, 5) is 20.6. The average Bonchev–Trinajstić information content (AvgIpc) is 3.12. The van der Waals surface area contributed by atoms with Crippen molar-refractivity contribution in [3.05, 3.63) is 54.1 Å². The molecule has 1 amide bonds. The lowest BCUT2D eigenvalue weighted by Crippen LogP contribution is -3.16. The minimum atomic E-state index is -1.03. The number of aromatic nitrogens is 1. The Morgan fingerprint density at radius 1 is 1.26 bits per heavy atom. The number of likely N-dealkylation sites (tertiary alicyclic amines) is 2. The van der Waals surface area contributed by atoms with Crippen LogP contribution in [0.15, 0.2) is 48.5 Å². The number of thiazole rings is 1. The second-order valence-corrected chi connectivity index (χ2v) is 10.1. The molecule has 1 saturated carbocycles. The predicted octanol–water partition coefficient (Wildman–Crippen LogP) is 2.02. The standard InChI is InChI=1S/C24H25N3O3S/c28-22(24(29)9-10-24)27-15-17-13-18(27)14-26(17)11-8-16-4-3-5-19(12-16)30-23-25-20-6-1-2-7-21(20)31-23/h1-7,12,17-18,29H,8-11,13-15H2/p+1. The van der Waals surface area contributed by atoms with E-state index in [1.807, 2.05) is 35.2 Å². The largest absolute Gasteiger partial charge is 0.431 e. The first-order valence-electron chi connectivity index (χ1n) is 11.1. The summed E-state index contributed by atoms with van der Waals surface area (Å²) in [5.74, 6) is 0.794. The maximum atomic E-state index is 12.5. The highest BCUT2D eigenvalue weighted by Gasteiger charge is 2.56. The Balaban J connectivity index is 1.06. The molecule has 2 N–H and O–H groups in total. The molecule has 2 saturated heterocycles. The van der Waals surface area contributed by atoms with Crippen molar-refractivity contribution in [2.45, 2.75) is 43.4 Å². The normalized spacial score (nSPS) is 25.8. The molecule has 3 fully saturated rings. The summed E-state index contributed by atoms with van der Waals surface area (Å²) >= 11 is 1.56. The lowest BCUT2D eigenvalue weighted by molar-refractivity contribution is -0.916. The molecule has 1 aliphatic carbocycles. The Bertz CT molecular complexity index is 1110. The molecule has 3 aromatic rings. The first-order valence-corrected chi connectivity index (χ1v) is 11.9. The van der Waals surface area contributed by atoms with E-state index in [0.29, 0.717) is 30.1 Å². The molecule has 160 valence electrons. The molecule has 31 heavy (non-hydrogen) atoms. The molecule has 3 aliphatic rings. The summed E-state index contributed by atoms with van der Waals surface area (Å²) in [6.07, 6.45) is 3.31. The predicted molar refractivity (Wildman–Crippen MR) is 119 cm³/mol. The van der Waals surface area contributed by atoms with E-state index in [9.17, 15) is 9.90 Å². The van der Waals surface area contributed by atoms with E-state index in [1.165, 1.54) is 5.56 Å². The summed E-state index contributed by atoms with van der Waals surface area (Å²) in [7, 11) is 0. The number of para-hydroxylation sites is 1. The van der Waals surface area contributed by atoms with Crippen molar-refractivity contribution in [1.82, 2.24) is 9.88 Å². The van der Waals surface area contributed by atoms with Crippen molar-refractivity contribution in [3.63, 3.8) is 0 Å². The van der Waals surface area contributed by atoms with Crippen molar-refractivity contribution >= 4 is 27.5 Å². The number of benzene rings is 2. The fraction of sp³-hybridized carbons (Fsp3) is 0.417. The highest BCUT2D eigenvalue weighted by molar-refractivity contribution is 7.20. The number of nitrogens with zero attached hydrogens (tertiary/aromatic N) is 2. The van der Waals surface area contributed by atoms with E-state index in [4.69, 9.17) is 4.74 Å². The van der Waals surface area contributed by atoms with E-state index >= 15 is 0 Å². The van der Waals surface area contributed by atoms with Gasteiger partial charge in [-0.1, -0.05) is 35.6 Å². The monoisotopic (exact) mass is 436 g/mol. The van der Waals surface area contributed by atoms with Gasteiger partial charge in [-0.05, 0) is 42.7 Å². The Morgan fingerprint density at radius 2 is 2.13 bits per heavy atom. The molecule has 6 rings (SSSR count). The van der Waals surface area contributed by atoms with Crippen LogP contribution in [0.3, 0.4) is 0 Å².